The first-order valence-electron chi connectivity index (χ1n) is 8.32. The number of ether oxygens (including phenoxy) is 2. The van der Waals surface area contributed by atoms with Crippen LogP contribution in [0.4, 0.5) is 0 Å². The minimum atomic E-state index is -3.58. The van der Waals surface area contributed by atoms with Crippen LogP contribution in [0.3, 0.4) is 0 Å². The van der Waals surface area contributed by atoms with Crippen molar-refractivity contribution in [2.24, 2.45) is 5.92 Å². The highest BCUT2D eigenvalue weighted by Gasteiger charge is 2.24. The maximum absolute atomic E-state index is 12.5. The van der Waals surface area contributed by atoms with E-state index in [0.29, 0.717) is 17.4 Å². The van der Waals surface area contributed by atoms with Crippen molar-refractivity contribution in [2.45, 2.75) is 30.7 Å². The lowest BCUT2D eigenvalue weighted by Crippen LogP contribution is -2.48. The number of piperidine rings is 1. The van der Waals surface area contributed by atoms with Gasteiger partial charge in [0.1, 0.15) is 0 Å². The van der Waals surface area contributed by atoms with E-state index in [1.165, 1.54) is 26.4 Å². The number of carbonyl (C=O) groups is 1. The summed E-state index contributed by atoms with van der Waals surface area (Å²) in [6.45, 7) is 3.78. The van der Waals surface area contributed by atoms with Crippen LogP contribution in [0, 0.1) is 5.92 Å². The van der Waals surface area contributed by atoms with Gasteiger partial charge in [-0.3, -0.25) is 4.79 Å². The number of sulfone groups is 1. The first kappa shape index (κ1) is 22.5. The maximum atomic E-state index is 12.5. The fourth-order valence-electron chi connectivity index (χ4n) is 2.86. The Balaban J connectivity index is 0.00000338. The van der Waals surface area contributed by atoms with Gasteiger partial charge in [-0.05, 0) is 37.6 Å². The van der Waals surface area contributed by atoms with Crippen LogP contribution in [0.1, 0.15) is 19.8 Å². The van der Waals surface area contributed by atoms with E-state index in [4.69, 9.17) is 9.47 Å². The van der Waals surface area contributed by atoms with Crippen molar-refractivity contribution in [3.05, 3.63) is 18.2 Å². The van der Waals surface area contributed by atoms with E-state index < -0.39 is 9.84 Å². The molecule has 9 heteroatoms. The van der Waals surface area contributed by atoms with Crippen LogP contribution in [0.25, 0.3) is 0 Å². The zero-order valence-electron chi connectivity index (χ0n) is 15.3. The van der Waals surface area contributed by atoms with E-state index in [9.17, 15) is 13.2 Å². The molecule has 1 saturated heterocycles. The van der Waals surface area contributed by atoms with Crippen molar-refractivity contribution in [2.75, 3.05) is 33.1 Å². The van der Waals surface area contributed by atoms with Gasteiger partial charge in [-0.1, -0.05) is 6.92 Å². The first-order chi connectivity index (χ1) is 11.9. The Morgan fingerprint density at radius 3 is 2.58 bits per heavy atom. The summed E-state index contributed by atoms with van der Waals surface area (Å²) in [7, 11) is -0.645. The molecule has 2 unspecified atom stereocenters. The molecule has 0 radical (unpaired) electrons. The van der Waals surface area contributed by atoms with Crippen LogP contribution in [-0.2, 0) is 14.6 Å². The molecule has 0 bridgehead atoms. The molecule has 1 aliphatic heterocycles. The van der Waals surface area contributed by atoms with Crippen molar-refractivity contribution in [1.29, 1.82) is 0 Å². The Kier molecular flexibility index (Phi) is 8.66. The number of nitrogens with one attached hydrogen (secondary N) is 2. The molecule has 7 nitrogen and oxygen atoms in total. The SMILES string of the molecule is COc1ccc(S(=O)(=O)CCC(=O)NC2CCNCC2C)cc1OC.Cl. The van der Waals surface area contributed by atoms with E-state index in [-0.39, 0.29) is 41.4 Å². The lowest BCUT2D eigenvalue weighted by atomic mass is 9.95. The summed E-state index contributed by atoms with van der Waals surface area (Å²) in [5.74, 6) is 0.659. The maximum Gasteiger partial charge on any atom is 0.221 e. The number of hydrogen-bond donors (Lipinski definition) is 2. The van der Waals surface area contributed by atoms with Gasteiger partial charge in [0.2, 0.25) is 5.91 Å². The molecular formula is C17H27ClN2O5S. The van der Waals surface area contributed by atoms with Crippen LogP contribution in [0.5, 0.6) is 11.5 Å². The summed E-state index contributed by atoms with van der Waals surface area (Å²) in [5, 5.41) is 6.21. The zero-order chi connectivity index (χ0) is 18.4. The molecule has 2 rings (SSSR count). The normalized spacial score (nSPS) is 20.0. The standard InChI is InChI=1S/C17H26N2O5S.ClH/c1-12-11-18-8-6-14(12)19-17(20)7-9-25(21,22)13-4-5-15(23-2)16(10-13)24-3;/h4-5,10,12,14,18H,6-9,11H2,1-3H3,(H,19,20);1H. The smallest absolute Gasteiger partial charge is 0.221 e. The molecule has 1 amide bonds. The topological polar surface area (TPSA) is 93.7 Å². The molecule has 2 N–H and O–H groups in total. The second kappa shape index (κ2) is 9.99. The molecule has 26 heavy (non-hydrogen) atoms. The van der Waals surface area contributed by atoms with E-state index in [0.717, 1.165) is 19.5 Å². The first-order valence-corrected chi connectivity index (χ1v) is 9.97. The lowest BCUT2D eigenvalue weighted by Gasteiger charge is -2.30. The molecule has 0 aromatic heterocycles. The molecule has 1 aliphatic rings. The van der Waals surface area contributed by atoms with Gasteiger partial charge < -0.3 is 20.1 Å². The molecule has 0 spiro atoms. The summed E-state index contributed by atoms with van der Waals surface area (Å²) >= 11 is 0. The van der Waals surface area contributed by atoms with Gasteiger partial charge in [0.15, 0.2) is 21.3 Å². The molecule has 0 aliphatic carbocycles. The summed E-state index contributed by atoms with van der Waals surface area (Å²) in [6, 6.07) is 4.52. The Hall–Kier alpha value is -1.51. The number of rotatable bonds is 7. The Labute approximate surface area is 161 Å². The number of benzene rings is 1. The number of carbonyl (C=O) groups excluding carboxylic acids is 1. The van der Waals surface area contributed by atoms with Crippen molar-refractivity contribution >= 4 is 28.2 Å². The third kappa shape index (κ3) is 5.75. The van der Waals surface area contributed by atoms with Crippen LogP contribution in [0.2, 0.25) is 0 Å². The van der Waals surface area contributed by atoms with Crippen molar-refractivity contribution in [3.63, 3.8) is 0 Å². The molecule has 1 aromatic rings. The molecule has 0 saturated carbocycles. The second-order valence-electron chi connectivity index (χ2n) is 6.23. The molecule has 2 atom stereocenters. The highest BCUT2D eigenvalue weighted by molar-refractivity contribution is 7.91. The Morgan fingerprint density at radius 2 is 1.96 bits per heavy atom. The van der Waals surface area contributed by atoms with Gasteiger partial charge >= 0.3 is 0 Å². The van der Waals surface area contributed by atoms with Crippen LogP contribution in [0.15, 0.2) is 23.1 Å². The summed E-state index contributed by atoms with van der Waals surface area (Å²) < 4.78 is 35.2. The second-order valence-corrected chi connectivity index (χ2v) is 8.34. The van der Waals surface area contributed by atoms with E-state index in [2.05, 4.69) is 17.6 Å². The molecular weight excluding hydrogens is 380 g/mol. The van der Waals surface area contributed by atoms with Crippen molar-refractivity contribution in [3.8, 4) is 11.5 Å². The van der Waals surface area contributed by atoms with Gasteiger partial charge in [0.25, 0.3) is 0 Å². The Morgan fingerprint density at radius 1 is 1.27 bits per heavy atom. The van der Waals surface area contributed by atoms with Gasteiger partial charge in [0.05, 0.1) is 24.9 Å². The van der Waals surface area contributed by atoms with Gasteiger partial charge in [-0.25, -0.2) is 8.42 Å². The van der Waals surface area contributed by atoms with Crippen LogP contribution < -0.4 is 20.1 Å². The fourth-order valence-corrected chi connectivity index (χ4v) is 4.11. The minimum Gasteiger partial charge on any atom is -0.493 e. The predicted octanol–water partition coefficient (Wildman–Crippen LogP) is 1.40. The highest BCUT2D eigenvalue weighted by Crippen LogP contribution is 2.29. The third-order valence-corrected chi connectivity index (χ3v) is 6.16. The number of hydrogen-bond acceptors (Lipinski definition) is 6. The van der Waals surface area contributed by atoms with Crippen LogP contribution >= 0.6 is 12.4 Å². The highest BCUT2D eigenvalue weighted by atomic mass is 35.5. The van der Waals surface area contributed by atoms with E-state index >= 15 is 0 Å². The van der Waals surface area contributed by atoms with E-state index in [1.54, 1.807) is 6.07 Å². The van der Waals surface area contributed by atoms with Crippen molar-refractivity contribution < 1.29 is 22.7 Å². The largest absolute Gasteiger partial charge is 0.493 e. The van der Waals surface area contributed by atoms with Crippen molar-refractivity contribution in [1.82, 2.24) is 10.6 Å². The summed E-state index contributed by atoms with van der Waals surface area (Å²) in [6.07, 6.45) is 0.794. The lowest BCUT2D eigenvalue weighted by molar-refractivity contribution is -0.121. The average molecular weight is 407 g/mol. The Bertz CT molecular complexity index is 711. The van der Waals surface area contributed by atoms with E-state index in [1.807, 2.05) is 0 Å². The molecule has 1 aromatic carbocycles. The van der Waals surface area contributed by atoms with Gasteiger partial charge in [-0.2, -0.15) is 0 Å². The monoisotopic (exact) mass is 406 g/mol. The zero-order valence-corrected chi connectivity index (χ0v) is 16.9. The summed E-state index contributed by atoms with van der Waals surface area (Å²) in [5.41, 5.74) is 0. The number of methoxy groups -OCH3 is 2. The third-order valence-electron chi connectivity index (χ3n) is 4.44. The fraction of sp³-hybridized carbons (Fsp3) is 0.588. The van der Waals surface area contributed by atoms with Gasteiger partial charge in [-0.15, -0.1) is 12.4 Å². The molecule has 1 heterocycles. The number of halogens is 1. The predicted molar refractivity (Wildman–Crippen MR) is 102 cm³/mol. The number of amides is 1. The average Bonchev–Trinajstić information content (AvgIpc) is 2.61. The molecule has 148 valence electrons. The van der Waals surface area contributed by atoms with Crippen LogP contribution in [-0.4, -0.2) is 53.4 Å². The van der Waals surface area contributed by atoms with Gasteiger partial charge in [0, 0.05) is 18.5 Å². The quantitative estimate of drug-likeness (QED) is 0.711. The minimum absolute atomic E-state index is 0. The summed E-state index contributed by atoms with van der Waals surface area (Å²) in [4.78, 5) is 12.2. The molecule has 1 fully saturated rings.